The number of halogens is 1. The van der Waals surface area contributed by atoms with Gasteiger partial charge in [-0.1, -0.05) is 29.4 Å². The van der Waals surface area contributed by atoms with Gasteiger partial charge in [0, 0.05) is 29.6 Å². The molecule has 0 saturated carbocycles. The van der Waals surface area contributed by atoms with E-state index in [4.69, 9.17) is 16.3 Å². The lowest BCUT2D eigenvalue weighted by Crippen LogP contribution is -2.29. The van der Waals surface area contributed by atoms with Crippen LogP contribution in [0.15, 0.2) is 62.3 Å². The Hall–Kier alpha value is -2.09. The topological polar surface area (TPSA) is 45.1 Å². The Kier molecular flexibility index (Phi) is 5.31. The van der Waals surface area contributed by atoms with Crippen molar-refractivity contribution in [1.82, 2.24) is 4.90 Å². The molecule has 0 aliphatic carbocycles. The molecule has 0 spiro atoms. The number of amides is 1. The highest BCUT2D eigenvalue weighted by Gasteiger charge is 2.38. The van der Waals surface area contributed by atoms with E-state index in [-0.39, 0.29) is 5.91 Å². The fraction of sp³-hybridized carbons (Fsp3) is 0.200. The third-order valence-electron chi connectivity index (χ3n) is 4.45. The molecule has 2 aromatic rings. The second-order valence-electron chi connectivity index (χ2n) is 6.15. The summed E-state index contributed by atoms with van der Waals surface area (Å²) in [6, 6.07) is 13.3. The smallest absolute Gasteiger partial charge is 0.269 e. The number of fused-ring (bicyclic) bond motifs is 1. The maximum atomic E-state index is 13.1. The van der Waals surface area contributed by atoms with Crippen LogP contribution in [0, 0.1) is 0 Å². The van der Waals surface area contributed by atoms with Crippen LogP contribution in [-0.2, 0) is 4.79 Å². The molecule has 2 aliphatic heterocycles. The van der Waals surface area contributed by atoms with Gasteiger partial charge >= 0.3 is 0 Å². The standard InChI is InChI=1S/C20H18ClN3O2S2/c1-4-24-18(25)17(28-20(24)22-13-7-5-6-12(21)10-13)19-23(2)15-11-14(26-3)8-9-16(15)27-19/h5-11H,4H2,1-3H3/b19-17-,22-20?. The Morgan fingerprint density at radius 2 is 2.00 bits per heavy atom. The highest BCUT2D eigenvalue weighted by molar-refractivity contribution is 8.19. The zero-order valence-corrected chi connectivity index (χ0v) is 18.0. The number of anilines is 1. The van der Waals surface area contributed by atoms with Crippen molar-refractivity contribution in [1.29, 1.82) is 0 Å². The molecular weight excluding hydrogens is 414 g/mol. The minimum atomic E-state index is -0.0256. The summed E-state index contributed by atoms with van der Waals surface area (Å²) in [4.78, 5) is 23.3. The molecule has 2 heterocycles. The van der Waals surface area contributed by atoms with Crippen LogP contribution in [0.25, 0.3) is 0 Å². The van der Waals surface area contributed by atoms with Crippen molar-refractivity contribution >= 4 is 57.6 Å². The predicted molar refractivity (Wildman–Crippen MR) is 118 cm³/mol. The van der Waals surface area contributed by atoms with Gasteiger partial charge in [-0.25, -0.2) is 4.99 Å². The molecule has 0 atom stereocenters. The van der Waals surface area contributed by atoms with E-state index < -0.39 is 0 Å². The molecule has 5 nitrogen and oxygen atoms in total. The Labute approximate surface area is 177 Å². The van der Waals surface area contributed by atoms with Gasteiger partial charge in [0.05, 0.1) is 23.5 Å². The molecule has 0 unspecified atom stereocenters. The fourth-order valence-corrected chi connectivity index (χ4v) is 5.58. The molecule has 28 heavy (non-hydrogen) atoms. The normalized spacial score (nSPS) is 20.3. The Morgan fingerprint density at radius 1 is 1.18 bits per heavy atom. The minimum absolute atomic E-state index is 0.0256. The summed E-state index contributed by atoms with van der Waals surface area (Å²) in [6.45, 7) is 2.50. The van der Waals surface area contributed by atoms with Crippen LogP contribution in [0.2, 0.25) is 5.02 Å². The van der Waals surface area contributed by atoms with Crippen molar-refractivity contribution < 1.29 is 9.53 Å². The first-order valence-corrected chi connectivity index (χ1v) is 10.7. The lowest BCUT2D eigenvalue weighted by molar-refractivity contribution is -0.122. The zero-order chi connectivity index (χ0) is 19.8. The molecule has 8 heteroatoms. The average Bonchev–Trinajstić information content (AvgIpc) is 3.17. The third kappa shape index (κ3) is 3.38. The van der Waals surface area contributed by atoms with Crippen molar-refractivity contribution in [2.75, 3.05) is 25.6 Å². The number of methoxy groups -OCH3 is 1. The van der Waals surface area contributed by atoms with Crippen molar-refractivity contribution in [2.24, 2.45) is 4.99 Å². The summed E-state index contributed by atoms with van der Waals surface area (Å²) < 4.78 is 5.33. The number of hydrogen-bond acceptors (Lipinski definition) is 6. The summed E-state index contributed by atoms with van der Waals surface area (Å²) in [6.07, 6.45) is 0. The molecule has 1 saturated heterocycles. The summed E-state index contributed by atoms with van der Waals surface area (Å²) in [5.74, 6) is 0.767. The zero-order valence-electron chi connectivity index (χ0n) is 15.6. The summed E-state index contributed by atoms with van der Waals surface area (Å²) in [7, 11) is 3.62. The number of rotatable bonds is 3. The predicted octanol–water partition coefficient (Wildman–Crippen LogP) is 5.34. The number of ether oxygens (including phenoxy) is 1. The summed E-state index contributed by atoms with van der Waals surface area (Å²) >= 11 is 9.07. The van der Waals surface area contributed by atoms with E-state index >= 15 is 0 Å². The first-order valence-electron chi connectivity index (χ1n) is 8.69. The Bertz CT molecular complexity index is 1020. The maximum Gasteiger partial charge on any atom is 0.269 e. The fourth-order valence-electron chi connectivity index (χ4n) is 3.01. The SMILES string of the molecule is CCN1C(=O)/C(=C2/Sc3ccc(OC)cc3N2C)SC1=Nc1cccc(Cl)c1. The number of hydrogen-bond donors (Lipinski definition) is 0. The van der Waals surface area contributed by atoms with Gasteiger partial charge in [-0.3, -0.25) is 9.69 Å². The number of benzene rings is 2. The van der Waals surface area contributed by atoms with Crippen LogP contribution in [0.3, 0.4) is 0 Å². The molecule has 1 fully saturated rings. The van der Waals surface area contributed by atoms with Gasteiger partial charge in [0.15, 0.2) is 5.17 Å². The largest absolute Gasteiger partial charge is 0.497 e. The van der Waals surface area contributed by atoms with Crippen LogP contribution in [0.1, 0.15) is 6.92 Å². The minimum Gasteiger partial charge on any atom is -0.497 e. The average molecular weight is 432 g/mol. The lowest BCUT2D eigenvalue weighted by Gasteiger charge is -2.15. The van der Waals surface area contributed by atoms with Gasteiger partial charge in [-0.2, -0.15) is 0 Å². The molecule has 2 aromatic carbocycles. The van der Waals surface area contributed by atoms with E-state index in [9.17, 15) is 4.79 Å². The second kappa shape index (κ2) is 7.73. The van der Waals surface area contributed by atoms with Crippen LogP contribution in [-0.4, -0.2) is 36.7 Å². The van der Waals surface area contributed by atoms with Crippen LogP contribution in [0.4, 0.5) is 11.4 Å². The van der Waals surface area contributed by atoms with Crippen molar-refractivity contribution in [3.05, 3.63) is 57.4 Å². The van der Waals surface area contributed by atoms with Gasteiger partial charge in [0.2, 0.25) is 0 Å². The molecule has 0 bridgehead atoms. The number of nitrogens with zero attached hydrogens (tertiary/aromatic N) is 3. The summed E-state index contributed by atoms with van der Waals surface area (Å²) in [5.41, 5.74) is 1.76. The molecule has 0 radical (unpaired) electrons. The van der Waals surface area contributed by atoms with E-state index in [2.05, 4.69) is 4.99 Å². The van der Waals surface area contributed by atoms with Crippen LogP contribution in [0.5, 0.6) is 5.75 Å². The van der Waals surface area contributed by atoms with Gasteiger partial charge in [-0.15, -0.1) is 0 Å². The third-order valence-corrected chi connectivity index (χ3v) is 7.11. The van der Waals surface area contributed by atoms with Crippen molar-refractivity contribution in [3.63, 3.8) is 0 Å². The monoisotopic (exact) mass is 431 g/mol. The van der Waals surface area contributed by atoms with E-state index in [0.29, 0.717) is 21.6 Å². The van der Waals surface area contributed by atoms with Crippen molar-refractivity contribution in [2.45, 2.75) is 11.8 Å². The maximum absolute atomic E-state index is 13.1. The molecular formula is C20H18ClN3O2S2. The quantitative estimate of drug-likeness (QED) is 0.613. The van der Waals surface area contributed by atoms with Crippen LogP contribution < -0.4 is 9.64 Å². The van der Waals surface area contributed by atoms with Gasteiger partial charge < -0.3 is 9.64 Å². The van der Waals surface area contributed by atoms with Gasteiger partial charge in [0.25, 0.3) is 5.91 Å². The number of aliphatic imine (C=N–C) groups is 1. The first-order chi connectivity index (χ1) is 13.5. The van der Waals surface area contributed by atoms with E-state index in [1.165, 1.54) is 11.8 Å². The molecule has 2 aliphatic rings. The molecule has 4 rings (SSSR count). The van der Waals surface area contributed by atoms with Crippen molar-refractivity contribution in [3.8, 4) is 5.75 Å². The van der Waals surface area contributed by atoms with E-state index in [1.807, 2.05) is 49.2 Å². The van der Waals surface area contributed by atoms with Gasteiger partial charge in [0.1, 0.15) is 10.7 Å². The second-order valence-corrected chi connectivity index (χ2v) is 8.60. The lowest BCUT2D eigenvalue weighted by atomic mass is 10.3. The number of amidine groups is 1. The molecule has 1 amide bonds. The number of carbonyl (C=O) groups is 1. The molecule has 0 N–H and O–H groups in total. The number of likely N-dealkylation sites (N-methyl/N-ethyl adjacent to an activating group) is 1. The number of thioether (sulfide) groups is 2. The van der Waals surface area contributed by atoms with E-state index in [0.717, 1.165) is 27.0 Å². The molecule has 144 valence electrons. The Balaban J connectivity index is 1.72. The highest BCUT2D eigenvalue weighted by atomic mass is 35.5. The first kappa shape index (κ1) is 19.2. The van der Waals surface area contributed by atoms with Gasteiger partial charge in [-0.05, 0) is 49.0 Å². The van der Waals surface area contributed by atoms with E-state index in [1.54, 1.807) is 35.9 Å². The summed E-state index contributed by atoms with van der Waals surface area (Å²) in [5, 5.41) is 2.20. The molecule has 0 aromatic heterocycles. The number of carbonyl (C=O) groups excluding carboxylic acids is 1. The van der Waals surface area contributed by atoms with Crippen LogP contribution >= 0.6 is 35.1 Å². The highest BCUT2D eigenvalue weighted by Crippen LogP contribution is 2.51. The Morgan fingerprint density at radius 3 is 2.71 bits per heavy atom.